The van der Waals surface area contributed by atoms with Gasteiger partial charge in [0.25, 0.3) is 0 Å². The van der Waals surface area contributed by atoms with Crippen molar-refractivity contribution < 1.29 is 14.3 Å². The quantitative estimate of drug-likeness (QED) is 0.438. The maximum atomic E-state index is 11.6. The molecule has 1 aromatic heterocycles. The fourth-order valence-corrected chi connectivity index (χ4v) is 4.18. The number of ether oxygens (including phenoxy) is 2. The first kappa shape index (κ1) is 21.2. The summed E-state index contributed by atoms with van der Waals surface area (Å²) in [6, 6.07) is 20.9. The molecule has 1 saturated carbocycles. The summed E-state index contributed by atoms with van der Waals surface area (Å²) >= 11 is 0. The summed E-state index contributed by atoms with van der Waals surface area (Å²) in [4.78, 5) is 11.6. The van der Waals surface area contributed by atoms with Crippen molar-refractivity contribution in [3.05, 3.63) is 71.9 Å². The maximum absolute atomic E-state index is 11.6. The van der Waals surface area contributed by atoms with Crippen LogP contribution < -0.4 is 4.74 Å². The predicted molar refractivity (Wildman–Crippen MR) is 121 cm³/mol. The summed E-state index contributed by atoms with van der Waals surface area (Å²) in [5, 5.41) is 4.89. The molecule has 1 aliphatic rings. The highest BCUT2D eigenvalue weighted by atomic mass is 16.5. The number of aryl methyl sites for hydroxylation is 1. The van der Waals surface area contributed by atoms with Crippen LogP contribution in [0.2, 0.25) is 0 Å². The number of hydrogen-bond acceptors (Lipinski definition) is 4. The lowest BCUT2D eigenvalue weighted by Crippen LogP contribution is -2.15. The Balaban J connectivity index is 1.52. The van der Waals surface area contributed by atoms with Gasteiger partial charge in [-0.2, -0.15) is 5.10 Å². The highest BCUT2D eigenvalue weighted by Gasteiger charge is 2.21. The van der Waals surface area contributed by atoms with Crippen LogP contribution >= 0.6 is 0 Å². The molecule has 2 aromatic carbocycles. The van der Waals surface area contributed by atoms with Gasteiger partial charge in [-0.1, -0.05) is 49.6 Å². The molecule has 0 unspecified atom stereocenters. The number of esters is 1. The Kier molecular flexibility index (Phi) is 7.03. The maximum Gasteiger partial charge on any atom is 0.305 e. The van der Waals surface area contributed by atoms with Crippen LogP contribution in [0.25, 0.3) is 11.3 Å². The topological polar surface area (TPSA) is 53.4 Å². The fraction of sp³-hybridized carbons (Fsp3) is 0.385. The van der Waals surface area contributed by atoms with E-state index in [9.17, 15) is 4.79 Å². The van der Waals surface area contributed by atoms with Crippen molar-refractivity contribution in [1.29, 1.82) is 0 Å². The molecule has 3 aromatic rings. The molecule has 0 aliphatic heterocycles. The molecule has 0 spiro atoms. The number of benzene rings is 2. The molecule has 0 amide bonds. The van der Waals surface area contributed by atoms with Gasteiger partial charge in [0.15, 0.2) is 0 Å². The zero-order chi connectivity index (χ0) is 21.5. The van der Waals surface area contributed by atoms with E-state index in [1.165, 1.54) is 26.4 Å². The third-order valence-electron chi connectivity index (χ3n) is 5.92. The molecular formula is C26H30N2O3. The molecule has 0 radical (unpaired) electrons. The molecule has 4 rings (SSSR count). The first-order valence-corrected chi connectivity index (χ1v) is 11.2. The third kappa shape index (κ3) is 5.54. The second-order valence-corrected chi connectivity index (χ2v) is 8.13. The van der Waals surface area contributed by atoms with Crippen molar-refractivity contribution in [2.24, 2.45) is 0 Å². The van der Waals surface area contributed by atoms with Crippen LogP contribution in [0.1, 0.15) is 55.8 Å². The van der Waals surface area contributed by atoms with E-state index in [4.69, 9.17) is 14.6 Å². The largest absolute Gasteiger partial charge is 0.489 e. The SMILES string of the molecule is COC(=O)CCc1cc(-c2ccc(OCc3ccccc3)cc2)n(C2CCCCC2)n1. The second-order valence-electron chi connectivity index (χ2n) is 8.13. The second kappa shape index (κ2) is 10.3. The van der Waals surface area contributed by atoms with E-state index in [0.717, 1.165) is 41.1 Å². The van der Waals surface area contributed by atoms with Crippen LogP contribution in [0, 0.1) is 0 Å². The smallest absolute Gasteiger partial charge is 0.305 e. The van der Waals surface area contributed by atoms with Gasteiger partial charge in [0.05, 0.1) is 31.0 Å². The molecule has 1 aliphatic carbocycles. The zero-order valence-corrected chi connectivity index (χ0v) is 18.1. The summed E-state index contributed by atoms with van der Waals surface area (Å²) < 4.78 is 12.9. The minimum absolute atomic E-state index is 0.200. The average Bonchev–Trinajstić information content (AvgIpc) is 3.27. The Hall–Kier alpha value is -3.08. The minimum atomic E-state index is -0.200. The van der Waals surface area contributed by atoms with E-state index in [-0.39, 0.29) is 5.97 Å². The number of carbonyl (C=O) groups excluding carboxylic acids is 1. The van der Waals surface area contributed by atoms with Crippen LogP contribution in [-0.2, 0) is 22.6 Å². The number of hydrogen-bond donors (Lipinski definition) is 0. The summed E-state index contributed by atoms with van der Waals surface area (Å²) in [6.07, 6.45) is 7.05. The van der Waals surface area contributed by atoms with Gasteiger partial charge in [-0.3, -0.25) is 9.48 Å². The lowest BCUT2D eigenvalue weighted by Gasteiger charge is -2.24. The molecule has 5 nitrogen and oxygen atoms in total. The van der Waals surface area contributed by atoms with Gasteiger partial charge in [0, 0.05) is 12.0 Å². The van der Waals surface area contributed by atoms with Gasteiger partial charge in [-0.05, 0) is 48.7 Å². The molecule has 162 valence electrons. The summed E-state index contributed by atoms with van der Waals surface area (Å²) in [7, 11) is 1.43. The van der Waals surface area contributed by atoms with Gasteiger partial charge >= 0.3 is 5.97 Å². The predicted octanol–water partition coefficient (Wildman–Crippen LogP) is 5.74. The zero-order valence-electron chi connectivity index (χ0n) is 18.1. The Bertz CT molecular complexity index is 974. The molecular weight excluding hydrogens is 388 g/mol. The highest BCUT2D eigenvalue weighted by Crippen LogP contribution is 2.33. The van der Waals surface area contributed by atoms with Crippen LogP contribution in [0.3, 0.4) is 0 Å². The minimum Gasteiger partial charge on any atom is -0.489 e. The van der Waals surface area contributed by atoms with E-state index in [1.807, 2.05) is 30.3 Å². The number of carbonyl (C=O) groups is 1. The third-order valence-corrected chi connectivity index (χ3v) is 5.92. The van der Waals surface area contributed by atoms with Crippen LogP contribution in [0.4, 0.5) is 0 Å². The van der Waals surface area contributed by atoms with Gasteiger partial charge in [-0.15, -0.1) is 0 Å². The van der Waals surface area contributed by atoms with Crippen molar-refractivity contribution in [3.8, 4) is 17.0 Å². The van der Waals surface area contributed by atoms with Crippen molar-refractivity contribution >= 4 is 5.97 Å². The van der Waals surface area contributed by atoms with Crippen molar-refractivity contribution in [1.82, 2.24) is 9.78 Å². The standard InChI is InChI=1S/C26H30N2O3/c1-30-26(29)17-14-22-18-25(28(27-22)23-10-6-3-7-11-23)21-12-15-24(16-13-21)31-19-20-8-4-2-5-9-20/h2,4-5,8-9,12-13,15-16,18,23H,3,6-7,10-11,14,17,19H2,1H3. The fourth-order valence-electron chi connectivity index (χ4n) is 4.18. The Morgan fingerprint density at radius 1 is 1.03 bits per heavy atom. The van der Waals surface area contributed by atoms with E-state index in [0.29, 0.717) is 25.5 Å². The van der Waals surface area contributed by atoms with Gasteiger partial charge < -0.3 is 9.47 Å². The summed E-state index contributed by atoms with van der Waals surface area (Å²) in [5.41, 5.74) is 4.32. The normalized spacial score (nSPS) is 14.4. The lowest BCUT2D eigenvalue weighted by molar-refractivity contribution is -0.140. The monoisotopic (exact) mass is 418 g/mol. The van der Waals surface area contributed by atoms with E-state index >= 15 is 0 Å². The van der Waals surface area contributed by atoms with Gasteiger partial charge in [0.2, 0.25) is 0 Å². The van der Waals surface area contributed by atoms with Gasteiger partial charge in [-0.25, -0.2) is 0 Å². The van der Waals surface area contributed by atoms with E-state index < -0.39 is 0 Å². The van der Waals surface area contributed by atoms with Crippen LogP contribution in [0.5, 0.6) is 5.75 Å². The Morgan fingerprint density at radius 3 is 2.48 bits per heavy atom. The highest BCUT2D eigenvalue weighted by molar-refractivity contribution is 5.69. The molecule has 5 heteroatoms. The molecule has 1 heterocycles. The molecule has 0 bridgehead atoms. The van der Waals surface area contributed by atoms with Crippen LogP contribution in [-0.4, -0.2) is 22.9 Å². The molecule has 1 fully saturated rings. The number of aromatic nitrogens is 2. The first-order chi connectivity index (χ1) is 15.2. The summed E-state index contributed by atoms with van der Waals surface area (Å²) in [5.74, 6) is 0.649. The number of rotatable bonds is 8. The van der Waals surface area contributed by atoms with E-state index in [1.54, 1.807) is 0 Å². The molecule has 0 saturated heterocycles. The Morgan fingerprint density at radius 2 is 1.77 bits per heavy atom. The Labute approximate surface area is 184 Å². The molecule has 31 heavy (non-hydrogen) atoms. The molecule has 0 atom stereocenters. The van der Waals surface area contributed by atoms with E-state index in [2.05, 4.69) is 35.0 Å². The van der Waals surface area contributed by atoms with Crippen molar-refractivity contribution in [2.75, 3.05) is 7.11 Å². The van der Waals surface area contributed by atoms with Gasteiger partial charge in [0.1, 0.15) is 12.4 Å². The summed E-state index contributed by atoms with van der Waals surface area (Å²) in [6.45, 7) is 0.553. The first-order valence-electron chi connectivity index (χ1n) is 11.2. The molecule has 0 N–H and O–H groups in total. The van der Waals surface area contributed by atoms with Crippen molar-refractivity contribution in [2.45, 2.75) is 57.6 Å². The van der Waals surface area contributed by atoms with Crippen molar-refractivity contribution in [3.63, 3.8) is 0 Å². The van der Waals surface area contributed by atoms with Crippen LogP contribution in [0.15, 0.2) is 60.7 Å². The number of methoxy groups -OCH3 is 1. The lowest BCUT2D eigenvalue weighted by atomic mass is 9.95. The number of nitrogens with zero attached hydrogens (tertiary/aromatic N) is 2. The average molecular weight is 419 g/mol.